The van der Waals surface area contributed by atoms with Crippen molar-refractivity contribution in [3.63, 3.8) is 0 Å². The molecule has 0 radical (unpaired) electrons. The van der Waals surface area contributed by atoms with Gasteiger partial charge in [0.2, 0.25) is 12.6 Å². The normalized spacial score (nSPS) is 41.2. The van der Waals surface area contributed by atoms with Crippen LogP contribution in [-0.4, -0.2) is 190 Å². The summed E-state index contributed by atoms with van der Waals surface area (Å²) in [4.78, 5) is 0. The van der Waals surface area contributed by atoms with E-state index in [0.29, 0.717) is 0 Å². The van der Waals surface area contributed by atoms with E-state index in [1.54, 1.807) is 0 Å². The van der Waals surface area contributed by atoms with Gasteiger partial charge in [-0.25, -0.2) is 0 Å². The molecule has 0 bridgehead atoms. The van der Waals surface area contributed by atoms with Crippen LogP contribution in [0.3, 0.4) is 0 Å². The number of benzene rings is 1. The number of aliphatic hydroxyl groups excluding tert-OH is 12. The van der Waals surface area contributed by atoms with Crippen molar-refractivity contribution in [2.45, 2.75) is 98.2 Å². The van der Waals surface area contributed by atoms with Crippen LogP contribution < -0.4 is 0 Å². The summed E-state index contributed by atoms with van der Waals surface area (Å²) in [6.07, 6.45) is -24.0. The average molecular weight is 775 g/mol. The molecule has 0 saturated carbocycles. The van der Waals surface area contributed by atoms with Crippen molar-refractivity contribution in [2.75, 3.05) is 19.8 Å². The van der Waals surface area contributed by atoms with Crippen LogP contribution in [0.2, 0.25) is 0 Å². The highest BCUT2D eigenvalue weighted by atomic mass is 16.8. The zero-order valence-corrected chi connectivity index (χ0v) is 27.9. The lowest BCUT2D eigenvalue weighted by Gasteiger charge is -2.46. The third-order valence-electron chi connectivity index (χ3n) is 9.48. The summed E-state index contributed by atoms with van der Waals surface area (Å²) >= 11 is 0. The summed E-state index contributed by atoms with van der Waals surface area (Å²) in [6.45, 7) is -2.45. The predicted molar refractivity (Wildman–Crippen MR) is 171 cm³/mol. The number of fused-ring (bicyclic) bond motifs is 1. The predicted octanol–water partition coefficient (Wildman–Crippen LogP) is -5.11. The van der Waals surface area contributed by atoms with Gasteiger partial charge in [0.25, 0.3) is 0 Å². The minimum absolute atomic E-state index is 0.0352. The maximum atomic E-state index is 11.2. The van der Waals surface area contributed by atoms with Crippen molar-refractivity contribution in [1.29, 1.82) is 0 Å². The first-order chi connectivity index (χ1) is 25.7. The van der Waals surface area contributed by atoms with Crippen molar-refractivity contribution in [2.24, 2.45) is 0 Å². The molecule has 4 aliphatic heterocycles. The summed E-state index contributed by atoms with van der Waals surface area (Å²) in [7, 11) is 0. The smallest absolute Gasteiger partial charge is 0.229 e. The number of phenols is 2. The number of rotatable bonds is 10. The Morgan fingerprint density at radius 3 is 1.72 bits per heavy atom. The van der Waals surface area contributed by atoms with Crippen molar-refractivity contribution in [3.05, 3.63) is 64.8 Å². The maximum absolute atomic E-state index is 11.2. The van der Waals surface area contributed by atoms with Gasteiger partial charge < -0.3 is 105 Å². The number of aromatic hydroxyl groups is 2. The van der Waals surface area contributed by atoms with Gasteiger partial charge in [-0.2, -0.15) is 0 Å². The highest BCUT2D eigenvalue weighted by Gasteiger charge is 2.52. The van der Waals surface area contributed by atoms with Gasteiger partial charge >= 0.3 is 0 Å². The van der Waals surface area contributed by atoms with E-state index in [1.165, 1.54) is 18.2 Å². The Morgan fingerprint density at radius 2 is 1.13 bits per heavy atom. The minimum atomic E-state index is -1.96. The van der Waals surface area contributed by atoms with Gasteiger partial charge in [0.05, 0.1) is 19.8 Å². The minimum Gasteiger partial charge on any atom is -0.508 e. The second kappa shape index (κ2) is 16.2. The lowest BCUT2D eigenvalue weighted by atomic mass is 9.95. The van der Waals surface area contributed by atoms with Gasteiger partial charge in [-0.1, -0.05) is 0 Å². The summed E-state index contributed by atoms with van der Waals surface area (Å²) in [5.74, 6) is -2.30. The Morgan fingerprint density at radius 1 is 0.574 bits per heavy atom. The van der Waals surface area contributed by atoms with Crippen LogP contribution in [0.4, 0.5) is 0 Å². The maximum Gasteiger partial charge on any atom is 0.229 e. The van der Waals surface area contributed by atoms with E-state index in [1.807, 2.05) is 0 Å². The fourth-order valence-corrected chi connectivity index (χ4v) is 6.40. The Bertz CT molecular complexity index is 1620. The third kappa shape index (κ3) is 7.62. The van der Waals surface area contributed by atoms with E-state index in [2.05, 4.69) is 0 Å². The van der Waals surface area contributed by atoms with E-state index in [0.717, 1.165) is 18.2 Å². The molecule has 0 amide bonds. The lowest BCUT2D eigenvalue weighted by molar-refractivity contribution is -0.363. The molecule has 21 heteroatoms. The summed E-state index contributed by atoms with van der Waals surface area (Å²) in [6, 6.07) is 3.50. The van der Waals surface area contributed by atoms with Crippen LogP contribution in [0, 0.1) is 0 Å². The van der Waals surface area contributed by atoms with E-state index in [4.69, 9.17) is 33.2 Å². The largest absolute Gasteiger partial charge is 0.508 e. The van der Waals surface area contributed by atoms with Crippen LogP contribution in [0.5, 0.6) is 11.5 Å². The third-order valence-corrected chi connectivity index (χ3v) is 9.48. The van der Waals surface area contributed by atoms with E-state index < -0.39 is 135 Å². The Hall–Kier alpha value is -3.62. The summed E-state index contributed by atoms with van der Waals surface area (Å²) < 4.78 is 40.5. The molecule has 1 aromatic carbocycles. The molecule has 54 heavy (non-hydrogen) atoms. The van der Waals surface area contributed by atoms with E-state index in [9.17, 15) is 71.5 Å². The molecule has 0 spiro atoms. The first kappa shape index (κ1) is 40.1. The second-order valence-electron chi connectivity index (χ2n) is 13.1. The summed E-state index contributed by atoms with van der Waals surface area (Å²) in [5, 5.41) is 144. The molecule has 0 aromatic heterocycles. The molecule has 3 fully saturated rings. The van der Waals surface area contributed by atoms with Crippen molar-refractivity contribution >= 4 is 5.76 Å². The number of hydrogen-bond acceptors (Lipinski definition) is 21. The molecule has 5 aliphatic rings. The van der Waals surface area contributed by atoms with Crippen LogP contribution in [0.1, 0.15) is 5.56 Å². The molecule has 14 N–H and O–H groups in total. The number of aliphatic hydroxyl groups is 12. The lowest BCUT2D eigenvalue weighted by Crippen LogP contribution is -2.64. The Kier molecular flexibility index (Phi) is 12.0. The first-order valence-electron chi connectivity index (χ1n) is 16.7. The van der Waals surface area contributed by atoms with Gasteiger partial charge in [0.15, 0.2) is 35.4 Å². The highest BCUT2D eigenvalue weighted by molar-refractivity contribution is 5.70. The molecule has 1 unspecified atom stereocenters. The highest BCUT2D eigenvalue weighted by Crippen LogP contribution is 2.42. The topological polar surface area (TPSA) is 348 Å². The van der Waals surface area contributed by atoms with E-state index >= 15 is 0 Å². The second-order valence-corrected chi connectivity index (χ2v) is 13.1. The Labute approximate surface area is 304 Å². The molecular formula is C33H42O21. The molecule has 1 aliphatic carbocycles. The standard InChI is InChI=1S/C33H42O21/c34-7-18-21(40)24(43)27(46)31(51-18)49-16-5-11(37)4-15-12(16)6-17(29(48-15)10-1-2-13(38)14(39)3-10)50-33-30(26(45)23(42)20(9-36)53-33)54-32-28(47)25(44)22(41)19(8-35)52-32/h1-6,15,18-28,30-47H,7-9H2/t15?,18-,19-,20-,21-,22-,23-,24+,25+,26+,27-,28-,30-,31-,32+,33-/m1/s1. The zero-order chi connectivity index (χ0) is 39.2. The Balaban J connectivity index is 1.39. The van der Waals surface area contributed by atoms with E-state index in [-0.39, 0.29) is 28.4 Å². The first-order valence-corrected chi connectivity index (χ1v) is 16.7. The van der Waals surface area contributed by atoms with Crippen molar-refractivity contribution in [3.8, 4) is 11.5 Å². The monoisotopic (exact) mass is 774 g/mol. The number of allylic oxidation sites excluding steroid dienone is 2. The van der Waals surface area contributed by atoms with Gasteiger partial charge in [0.1, 0.15) is 84.8 Å². The van der Waals surface area contributed by atoms with Crippen molar-refractivity contribution < 1.29 is 105 Å². The molecule has 3 saturated heterocycles. The van der Waals surface area contributed by atoms with Gasteiger partial charge in [-0.05, 0) is 24.3 Å². The quantitative estimate of drug-likeness (QED) is 0.0989. The average Bonchev–Trinajstić information content (AvgIpc) is 3.15. The van der Waals surface area contributed by atoms with Crippen LogP contribution >= 0.6 is 0 Å². The number of hydrogen-bond donors (Lipinski definition) is 14. The van der Waals surface area contributed by atoms with Gasteiger partial charge in [0, 0.05) is 23.3 Å². The number of phenolic OH excluding ortho intramolecular Hbond substituents is 2. The van der Waals surface area contributed by atoms with Gasteiger partial charge in [-0.3, -0.25) is 0 Å². The molecular weight excluding hydrogens is 732 g/mol. The summed E-state index contributed by atoms with van der Waals surface area (Å²) in [5.41, 5.74) is 0.0870. The van der Waals surface area contributed by atoms with Crippen LogP contribution in [0.15, 0.2) is 59.3 Å². The zero-order valence-electron chi connectivity index (χ0n) is 27.9. The fraction of sp³-hybridized carbons (Fsp3) is 0.576. The fourth-order valence-electron chi connectivity index (χ4n) is 6.40. The molecule has 6 rings (SSSR count). The van der Waals surface area contributed by atoms with Crippen LogP contribution in [0.25, 0.3) is 5.76 Å². The van der Waals surface area contributed by atoms with Crippen molar-refractivity contribution in [1.82, 2.24) is 0 Å². The molecule has 16 atom stereocenters. The van der Waals surface area contributed by atoms with Crippen LogP contribution in [-0.2, 0) is 33.2 Å². The van der Waals surface area contributed by atoms with Gasteiger partial charge in [-0.15, -0.1) is 0 Å². The molecule has 21 nitrogen and oxygen atoms in total. The molecule has 300 valence electrons. The SMILES string of the molecule is OC[C@H]1O[C@@H](OC2=CC(O)=CC3OC(c4ccc(O)c(O)c4)=C(O[C@@H]4O[C@H](CO)[C@@H](O)[C@H](O)[C@H]4O[C@@H]4O[C@H](CO)[C@@H](O)[C@H](O)[C@H]4O)C=C23)[C@H](O)[C@@H](O)[C@@H]1O. The molecule has 4 heterocycles. The molecule has 1 aromatic rings. The number of ether oxygens (including phenoxy) is 7.